The average molecular weight is 247 g/mol. The molecule has 0 radical (unpaired) electrons. The number of aromatic carboxylic acids is 1. The van der Waals surface area contributed by atoms with E-state index in [9.17, 15) is 4.79 Å². The number of oxazole rings is 1. The van der Waals surface area contributed by atoms with Crippen molar-refractivity contribution >= 4 is 5.97 Å². The van der Waals surface area contributed by atoms with Crippen LogP contribution in [0, 0.1) is 0 Å². The molecule has 0 aliphatic heterocycles. The minimum atomic E-state index is -1.12. The normalized spacial score (nSPS) is 10.5. The number of benzene rings is 1. The number of carbonyl (C=O) groups is 1. The highest BCUT2D eigenvalue weighted by Gasteiger charge is 2.19. The first-order valence-electron chi connectivity index (χ1n) is 5.58. The molecule has 5 heteroatoms. The molecule has 18 heavy (non-hydrogen) atoms. The average Bonchev–Trinajstić information content (AvgIpc) is 2.81. The molecule has 1 aromatic carbocycles. The Hall–Kier alpha value is -2.14. The van der Waals surface area contributed by atoms with Crippen LogP contribution in [0.3, 0.4) is 0 Å². The van der Waals surface area contributed by atoms with E-state index in [0.29, 0.717) is 12.5 Å². The number of carboxylic acid groups (broad SMARTS) is 1. The standard InChI is InChI=1S/C13H13NO4/c1-2-17-8-10-11(13(15)16)14-12(18-10)9-6-4-3-5-7-9/h3-7H,2,8H2,1H3,(H,15,16). The molecular formula is C13H13NO4. The molecule has 0 bridgehead atoms. The van der Waals surface area contributed by atoms with Gasteiger partial charge in [-0.25, -0.2) is 9.78 Å². The van der Waals surface area contributed by atoms with Crippen LogP contribution in [0.2, 0.25) is 0 Å². The third kappa shape index (κ3) is 2.57. The molecule has 94 valence electrons. The summed E-state index contributed by atoms with van der Waals surface area (Å²) < 4.78 is 10.6. The summed E-state index contributed by atoms with van der Waals surface area (Å²) in [7, 11) is 0. The summed E-state index contributed by atoms with van der Waals surface area (Å²) in [6, 6.07) is 9.15. The van der Waals surface area contributed by atoms with E-state index >= 15 is 0 Å². The quantitative estimate of drug-likeness (QED) is 0.879. The third-order valence-electron chi connectivity index (χ3n) is 2.36. The van der Waals surface area contributed by atoms with Gasteiger partial charge in [0, 0.05) is 12.2 Å². The molecule has 0 spiro atoms. The van der Waals surface area contributed by atoms with Crippen molar-refractivity contribution < 1.29 is 19.1 Å². The van der Waals surface area contributed by atoms with Gasteiger partial charge in [0.15, 0.2) is 11.5 Å². The second-order valence-corrected chi connectivity index (χ2v) is 3.60. The first kappa shape index (κ1) is 12.3. The fourth-order valence-electron chi connectivity index (χ4n) is 1.52. The number of hydrogen-bond acceptors (Lipinski definition) is 4. The van der Waals surface area contributed by atoms with Crippen molar-refractivity contribution in [2.24, 2.45) is 0 Å². The summed E-state index contributed by atoms with van der Waals surface area (Å²) >= 11 is 0. The predicted molar refractivity (Wildman–Crippen MR) is 64.2 cm³/mol. The lowest BCUT2D eigenvalue weighted by Gasteiger charge is -1.97. The maximum atomic E-state index is 11.1. The molecule has 1 heterocycles. The monoisotopic (exact) mass is 247 g/mol. The molecule has 1 N–H and O–H groups in total. The lowest BCUT2D eigenvalue weighted by atomic mass is 10.2. The van der Waals surface area contributed by atoms with E-state index in [4.69, 9.17) is 14.3 Å². The van der Waals surface area contributed by atoms with Gasteiger partial charge in [-0.3, -0.25) is 0 Å². The molecule has 0 fully saturated rings. The van der Waals surface area contributed by atoms with E-state index in [0.717, 1.165) is 5.56 Å². The lowest BCUT2D eigenvalue weighted by Crippen LogP contribution is -2.02. The van der Waals surface area contributed by atoms with Crippen molar-refractivity contribution in [2.45, 2.75) is 13.5 Å². The van der Waals surface area contributed by atoms with Crippen molar-refractivity contribution in [2.75, 3.05) is 6.61 Å². The zero-order valence-electron chi connectivity index (χ0n) is 9.92. The molecule has 0 amide bonds. The van der Waals surface area contributed by atoms with Crippen LogP contribution in [0.5, 0.6) is 0 Å². The molecule has 0 saturated carbocycles. The Morgan fingerprint density at radius 1 is 1.39 bits per heavy atom. The summed E-state index contributed by atoms with van der Waals surface area (Å²) in [5, 5.41) is 9.05. The highest BCUT2D eigenvalue weighted by Crippen LogP contribution is 2.22. The van der Waals surface area contributed by atoms with Crippen LogP contribution in [-0.4, -0.2) is 22.7 Å². The van der Waals surface area contributed by atoms with Gasteiger partial charge in [-0.2, -0.15) is 0 Å². The second-order valence-electron chi connectivity index (χ2n) is 3.60. The Labute approximate surface area is 104 Å². The van der Waals surface area contributed by atoms with Crippen LogP contribution in [0.25, 0.3) is 11.5 Å². The molecule has 1 aromatic heterocycles. The lowest BCUT2D eigenvalue weighted by molar-refractivity contribution is 0.0677. The summed E-state index contributed by atoms with van der Waals surface area (Å²) in [5.41, 5.74) is 0.644. The SMILES string of the molecule is CCOCc1oc(-c2ccccc2)nc1C(=O)O. The van der Waals surface area contributed by atoms with Crippen LogP contribution in [0.4, 0.5) is 0 Å². The number of nitrogens with zero attached hydrogens (tertiary/aromatic N) is 1. The van der Waals surface area contributed by atoms with Gasteiger partial charge in [0.05, 0.1) is 0 Å². The number of aromatic nitrogens is 1. The van der Waals surface area contributed by atoms with E-state index in [-0.39, 0.29) is 18.1 Å². The van der Waals surface area contributed by atoms with Crippen molar-refractivity contribution in [1.29, 1.82) is 0 Å². The Morgan fingerprint density at radius 3 is 2.72 bits per heavy atom. The van der Waals surface area contributed by atoms with E-state index < -0.39 is 5.97 Å². The zero-order chi connectivity index (χ0) is 13.0. The minimum absolute atomic E-state index is 0.0951. The molecular weight excluding hydrogens is 234 g/mol. The van der Waals surface area contributed by atoms with Gasteiger partial charge in [0.1, 0.15) is 6.61 Å². The smallest absolute Gasteiger partial charge is 0.358 e. The molecule has 0 aliphatic carbocycles. The molecule has 2 rings (SSSR count). The van der Waals surface area contributed by atoms with Crippen molar-refractivity contribution in [3.63, 3.8) is 0 Å². The summed E-state index contributed by atoms with van der Waals surface area (Å²) in [6.07, 6.45) is 0. The van der Waals surface area contributed by atoms with Crippen molar-refractivity contribution in [3.05, 3.63) is 41.8 Å². The second kappa shape index (κ2) is 5.46. The van der Waals surface area contributed by atoms with Crippen LogP contribution >= 0.6 is 0 Å². The van der Waals surface area contributed by atoms with E-state index in [1.807, 2.05) is 37.3 Å². The molecule has 0 unspecified atom stereocenters. The number of carboxylic acids is 1. The fraction of sp³-hybridized carbons (Fsp3) is 0.231. The van der Waals surface area contributed by atoms with Crippen LogP contribution in [0.1, 0.15) is 23.2 Å². The molecule has 0 aliphatic rings. The first-order valence-corrected chi connectivity index (χ1v) is 5.58. The van der Waals surface area contributed by atoms with Gasteiger partial charge >= 0.3 is 5.97 Å². The maximum Gasteiger partial charge on any atom is 0.358 e. The molecule has 0 atom stereocenters. The number of hydrogen-bond donors (Lipinski definition) is 1. The van der Waals surface area contributed by atoms with Crippen LogP contribution in [-0.2, 0) is 11.3 Å². The van der Waals surface area contributed by atoms with E-state index in [1.165, 1.54) is 0 Å². The Balaban J connectivity index is 2.36. The Kier molecular flexibility index (Phi) is 3.74. The maximum absolute atomic E-state index is 11.1. The molecule has 0 saturated heterocycles. The number of rotatable bonds is 5. The molecule has 2 aromatic rings. The highest BCUT2D eigenvalue weighted by atomic mass is 16.5. The summed E-state index contributed by atoms with van der Waals surface area (Å²) in [5.74, 6) is -0.582. The van der Waals surface area contributed by atoms with Gasteiger partial charge < -0.3 is 14.3 Å². The largest absolute Gasteiger partial charge is 0.476 e. The Morgan fingerprint density at radius 2 is 2.11 bits per heavy atom. The molecule has 5 nitrogen and oxygen atoms in total. The van der Waals surface area contributed by atoms with Crippen molar-refractivity contribution in [3.8, 4) is 11.5 Å². The van der Waals surface area contributed by atoms with Gasteiger partial charge in [-0.05, 0) is 19.1 Å². The van der Waals surface area contributed by atoms with Crippen LogP contribution in [0.15, 0.2) is 34.7 Å². The van der Waals surface area contributed by atoms with E-state index in [2.05, 4.69) is 4.98 Å². The minimum Gasteiger partial charge on any atom is -0.476 e. The topological polar surface area (TPSA) is 72.6 Å². The van der Waals surface area contributed by atoms with Crippen molar-refractivity contribution in [1.82, 2.24) is 4.98 Å². The third-order valence-corrected chi connectivity index (χ3v) is 2.36. The first-order chi connectivity index (χ1) is 8.72. The summed E-state index contributed by atoms with van der Waals surface area (Å²) in [4.78, 5) is 15.0. The fourth-order valence-corrected chi connectivity index (χ4v) is 1.52. The zero-order valence-corrected chi connectivity index (χ0v) is 9.92. The van der Waals surface area contributed by atoms with Gasteiger partial charge in [0.2, 0.25) is 5.89 Å². The van der Waals surface area contributed by atoms with Gasteiger partial charge in [-0.1, -0.05) is 18.2 Å². The summed E-state index contributed by atoms with van der Waals surface area (Å²) in [6.45, 7) is 2.42. The highest BCUT2D eigenvalue weighted by molar-refractivity contribution is 5.87. The van der Waals surface area contributed by atoms with E-state index in [1.54, 1.807) is 0 Å². The Bertz CT molecular complexity index is 533. The van der Waals surface area contributed by atoms with Gasteiger partial charge in [0.25, 0.3) is 0 Å². The van der Waals surface area contributed by atoms with Crippen LogP contribution < -0.4 is 0 Å². The number of ether oxygens (including phenoxy) is 1. The van der Waals surface area contributed by atoms with Gasteiger partial charge in [-0.15, -0.1) is 0 Å². The predicted octanol–water partition coefficient (Wildman–Crippen LogP) is 2.58.